The number of hydrogen-bond acceptors (Lipinski definition) is 3. The lowest BCUT2D eigenvalue weighted by molar-refractivity contribution is 0.617. The van der Waals surface area contributed by atoms with Crippen LogP contribution in [0.5, 0.6) is 0 Å². The first kappa shape index (κ1) is 46.2. The molecule has 4 heteroatoms. The highest BCUT2D eigenvalue weighted by atomic mass is 16.3. The summed E-state index contributed by atoms with van der Waals surface area (Å²) in [6, 6.07) is 71.1. The maximum Gasteiger partial charge on any atom is 0.333 e. The van der Waals surface area contributed by atoms with E-state index in [0.29, 0.717) is 0 Å². The fourth-order valence-electron chi connectivity index (χ4n) is 13.4. The number of rotatable bonds is 7. The molecule has 0 N–H and O–H groups in total. The van der Waals surface area contributed by atoms with Gasteiger partial charge in [-0.2, -0.15) is 0 Å². The summed E-state index contributed by atoms with van der Waals surface area (Å²) >= 11 is 0. The van der Waals surface area contributed by atoms with Crippen LogP contribution in [-0.2, 0) is 0 Å². The Kier molecular flexibility index (Phi) is 11.0. The van der Waals surface area contributed by atoms with Crippen LogP contribution in [-0.4, -0.2) is 6.85 Å². The van der Waals surface area contributed by atoms with E-state index < -0.39 is 0 Å². The summed E-state index contributed by atoms with van der Waals surface area (Å²) in [4.78, 5) is 5.20. The van der Waals surface area contributed by atoms with E-state index in [0.717, 1.165) is 61.7 Å². The van der Waals surface area contributed by atoms with Crippen molar-refractivity contribution in [3.8, 4) is 66.8 Å². The molecular formula is C71H59BN2O. The molecule has 0 radical (unpaired) electrons. The average molecular weight is 967 g/mol. The van der Waals surface area contributed by atoms with Crippen molar-refractivity contribution < 1.29 is 4.42 Å². The summed E-state index contributed by atoms with van der Waals surface area (Å²) in [5.74, 6) is 0. The predicted molar refractivity (Wildman–Crippen MR) is 320 cm³/mol. The standard InChI is InChI=1S/C71H59BN2O/c1-42-30-45(4)66(46(5)31-42)53-20-24-59(25-21-53)74-63-27-23-54(67-47(6)32-43(2)33-48(67)7)39-61(63)69-70-65(41-56-28-29-75-71(56)69)73(64-40-55(22-26-62(64)72(70)74)68-49(8)34-44(3)35-50(68)9)60-37-57(51-16-12-10-13-17-51)36-58(38-60)52-18-14-11-15-19-52/h10-41H,1-9H3. The average Bonchev–Trinajstić information content (AvgIpc) is 4.05. The summed E-state index contributed by atoms with van der Waals surface area (Å²) in [5.41, 5.74) is 35.0. The maximum atomic E-state index is 6.75. The van der Waals surface area contributed by atoms with Crippen LogP contribution in [0.3, 0.4) is 0 Å². The molecule has 1 aromatic heterocycles. The Bertz CT molecular complexity index is 3980. The summed E-state index contributed by atoms with van der Waals surface area (Å²) in [7, 11) is 0. The van der Waals surface area contributed by atoms with Crippen LogP contribution in [0.25, 0.3) is 77.7 Å². The van der Waals surface area contributed by atoms with Gasteiger partial charge in [0.1, 0.15) is 5.58 Å². The SMILES string of the molecule is Cc1cc(C)c(-c2ccc(N3B4c5ccc(-c6c(C)cc(C)cc6C)cc5N(c5cc(-c6ccccc6)cc(-c6ccccc6)c5)c5cc6ccoc6c(c54)-c4cc(-c5c(C)cc(C)cc5C)ccc43)cc2)c(C)c1. The van der Waals surface area contributed by atoms with E-state index in [1.54, 1.807) is 0 Å². The van der Waals surface area contributed by atoms with Gasteiger partial charge in [0.05, 0.1) is 6.26 Å². The largest absolute Gasteiger partial charge is 0.464 e. The van der Waals surface area contributed by atoms with Crippen LogP contribution in [0.1, 0.15) is 50.1 Å². The van der Waals surface area contributed by atoms with Crippen LogP contribution >= 0.6 is 0 Å². The van der Waals surface area contributed by atoms with Crippen molar-refractivity contribution in [2.24, 2.45) is 0 Å². The van der Waals surface area contributed by atoms with Crippen LogP contribution in [0.4, 0.5) is 28.4 Å². The minimum atomic E-state index is -0.217. The Balaban J connectivity index is 1.14. The molecule has 0 spiro atoms. The van der Waals surface area contributed by atoms with Crippen molar-refractivity contribution in [1.82, 2.24) is 0 Å². The first-order valence-electron chi connectivity index (χ1n) is 26.4. The molecule has 3 heterocycles. The van der Waals surface area contributed by atoms with Gasteiger partial charge >= 0.3 is 6.85 Å². The Hall–Kier alpha value is -8.60. The van der Waals surface area contributed by atoms with E-state index >= 15 is 0 Å². The van der Waals surface area contributed by atoms with Crippen LogP contribution in [0, 0.1) is 62.3 Å². The Labute approximate surface area is 442 Å². The predicted octanol–water partition coefficient (Wildman–Crippen LogP) is 18.3. The van der Waals surface area contributed by atoms with E-state index in [1.165, 1.54) is 106 Å². The molecule has 362 valence electrons. The normalized spacial score (nSPS) is 12.5. The van der Waals surface area contributed by atoms with Gasteiger partial charge in [0, 0.05) is 45.0 Å². The third kappa shape index (κ3) is 7.65. The highest BCUT2D eigenvalue weighted by Crippen LogP contribution is 2.52. The molecule has 11 aromatic rings. The first-order chi connectivity index (χ1) is 36.4. The maximum absolute atomic E-state index is 6.75. The number of fused-ring (bicyclic) bond motifs is 6. The lowest BCUT2D eigenvalue weighted by Gasteiger charge is -2.46. The molecule has 0 aliphatic carbocycles. The zero-order valence-corrected chi connectivity index (χ0v) is 44.4. The Morgan fingerprint density at radius 1 is 0.347 bits per heavy atom. The van der Waals surface area contributed by atoms with Crippen LogP contribution < -0.4 is 20.6 Å². The van der Waals surface area contributed by atoms with Crippen molar-refractivity contribution in [2.45, 2.75) is 62.3 Å². The van der Waals surface area contributed by atoms with E-state index in [1.807, 2.05) is 6.26 Å². The molecule has 75 heavy (non-hydrogen) atoms. The second kappa shape index (κ2) is 17.8. The summed E-state index contributed by atoms with van der Waals surface area (Å²) < 4.78 is 6.75. The monoisotopic (exact) mass is 966 g/mol. The second-order valence-corrected chi connectivity index (χ2v) is 21.5. The number of hydrogen-bond donors (Lipinski definition) is 0. The minimum absolute atomic E-state index is 0.217. The smallest absolute Gasteiger partial charge is 0.333 e. The molecule has 0 bridgehead atoms. The van der Waals surface area contributed by atoms with Gasteiger partial charge in [-0.15, -0.1) is 0 Å². The van der Waals surface area contributed by atoms with Gasteiger partial charge < -0.3 is 14.1 Å². The molecular weight excluding hydrogens is 908 g/mol. The van der Waals surface area contributed by atoms with Gasteiger partial charge in [0.25, 0.3) is 0 Å². The zero-order valence-electron chi connectivity index (χ0n) is 44.4. The van der Waals surface area contributed by atoms with Crippen molar-refractivity contribution in [3.05, 3.63) is 244 Å². The molecule has 2 aliphatic rings. The van der Waals surface area contributed by atoms with E-state index in [9.17, 15) is 0 Å². The number of furan rings is 1. The lowest BCUT2D eigenvalue weighted by Crippen LogP contribution is -2.61. The van der Waals surface area contributed by atoms with Crippen molar-refractivity contribution >= 4 is 57.2 Å². The topological polar surface area (TPSA) is 19.6 Å². The Morgan fingerprint density at radius 2 is 0.840 bits per heavy atom. The molecule has 13 rings (SSSR count). The minimum Gasteiger partial charge on any atom is -0.464 e. The van der Waals surface area contributed by atoms with Crippen molar-refractivity contribution in [2.75, 3.05) is 9.71 Å². The number of benzene rings is 10. The second-order valence-electron chi connectivity index (χ2n) is 21.5. The van der Waals surface area contributed by atoms with E-state index in [4.69, 9.17) is 4.42 Å². The molecule has 0 unspecified atom stereocenters. The molecule has 0 atom stereocenters. The van der Waals surface area contributed by atoms with Gasteiger partial charge in [-0.05, 0) is 223 Å². The van der Waals surface area contributed by atoms with Gasteiger partial charge in [0.2, 0.25) is 0 Å². The van der Waals surface area contributed by atoms with Gasteiger partial charge in [-0.25, -0.2) is 0 Å². The molecule has 0 fully saturated rings. The highest BCUT2D eigenvalue weighted by Gasteiger charge is 2.46. The molecule has 0 amide bonds. The van der Waals surface area contributed by atoms with Crippen molar-refractivity contribution in [1.29, 1.82) is 0 Å². The summed E-state index contributed by atoms with van der Waals surface area (Å²) in [5, 5.41) is 1.07. The van der Waals surface area contributed by atoms with Gasteiger partial charge in [-0.1, -0.05) is 144 Å². The molecule has 3 nitrogen and oxygen atoms in total. The summed E-state index contributed by atoms with van der Waals surface area (Å²) in [6.07, 6.45) is 1.88. The molecule has 0 saturated heterocycles. The van der Waals surface area contributed by atoms with Crippen LogP contribution in [0.2, 0.25) is 0 Å². The molecule has 2 aliphatic heterocycles. The van der Waals surface area contributed by atoms with Gasteiger partial charge in [-0.3, -0.25) is 0 Å². The van der Waals surface area contributed by atoms with Gasteiger partial charge in [0.15, 0.2) is 0 Å². The highest BCUT2D eigenvalue weighted by molar-refractivity contribution is 6.94. The lowest BCUT2D eigenvalue weighted by atomic mass is 9.43. The first-order valence-corrected chi connectivity index (χ1v) is 26.4. The number of aryl methyl sites for hydroxylation is 9. The molecule has 0 saturated carbocycles. The zero-order chi connectivity index (χ0) is 51.4. The van der Waals surface area contributed by atoms with Crippen LogP contribution in [0.15, 0.2) is 199 Å². The number of anilines is 5. The fourth-order valence-corrected chi connectivity index (χ4v) is 13.4. The molecule has 10 aromatic carbocycles. The number of nitrogens with zero attached hydrogens (tertiary/aromatic N) is 2. The van der Waals surface area contributed by atoms with E-state index in [-0.39, 0.29) is 6.85 Å². The third-order valence-electron chi connectivity index (χ3n) is 16.1. The Morgan fingerprint density at radius 3 is 1.39 bits per heavy atom. The fraction of sp³-hybridized carbons (Fsp3) is 0.127. The van der Waals surface area contributed by atoms with E-state index in [2.05, 4.69) is 260 Å². The summed E-state index contributed by atoms with van der Waals surface area (Å²) in [6.45, 7) is 19.9. The quantitative estimate of drug-likeness (QED) is 0.148. The van der Waals surface area contributed by atoms with Crippen molar-refractivity contribution in [3.63, 3.8) is 0 Å². The third-order valence-corrected chi connectivity index (χ3v) is 16.1.